The van der Waals surface area contributed by atoms with Crippen LogP contribution in [-0.4, -0.2) is 17.0 Å². The largest absolute Gasteiger partial charge is 0.495 e. The fourth-order valence-electron chi connectivity index (χ4n) is 4.22. The van der Waals surface area contributed by atoms with Crippen molar-refractivity contribution in [2.45, 2.75) is 18.4 Å². The Kier molecular flexibility index (Phi) is 4.02. The van der Waals surface area contributed by atoms with Gasteiger partial charge in [0.15, 0.2) is 0 Å². The van der Waals surface area contributed by atoms with Crippen LogP contribution in [-0.2, 0) is 0 Å². The highest BCUT2D eigenvalue weighted by Crippen LogP contribution is 2.55. The van der Waals surface area contributed by atoms with Gasteiger partial charge >= 0.3 is 0 Å². The van der Waals surface area contributed by atoms with E-state index < -0.39 is 9.85 Å². The van der Waals surface area contributed by atoms with Crippen molar-refractivity contribution in [2.24, 2.45) is 5.92 Å². The number of methoxy groups -OCH3 is 1. The molecular formula is C19H17N3O5. The number of nitro groups is 2. The third-order valence-corrected chi connectivity index (χ3v) is 5.34. The second kappa shape index (κ2) is 6.39. The van der Waals surface area contributed by atoms with Crippen LogP contribution in [0.25, 0.3) is 0 Å². The van der Waals surface area contributed by atoms with Crippen LogP contribution >= 0.6 is 0 Å². The minimum Gasteiger partial charge on any atom is -0.495 e. The molecule has 0 spiro atoms. The topological polar surface area (TPSA) is 108 Å². The number of hydrogen-bond acceptors (Lipinski definition) is 6. The fraction of sp³-hybridized carbons (Fsp3) is 0.263. The summed E-state index contributed by atoms with van der Waals surface area (Å²) in [5.41, 5.74) is 1.74. The van der Waals surface area contributed by atoms with E-state index in [1.54, 1.807) is 24.3 Å². The van der Waals surface area contributed by atoms with Crippen molar-refractivity contribution in [3.8, 4) is 5.75 Å². The molecule has 0 saturated carbocycles. The number of ether oxygens (including phenoxy) is 1. The van der Waals surface area contributed by atoms with E-state index in [0.717, 1.165) is 0 Å². The zero-order valence-electron chi connectivity index (χ0n) is 14.5. The van der Waals surface area contributed by atoms with E-state index in [1.807, 2.05) is 12.2 Å². The van der Waals surface area contributed by atoms with Gasteiger partial charge in [0.2, 0.25) is 0 Å². The van der Waals surface area contributed by atoms with Gasteiger partial charge in [0.05, 0.1) is 39.8 Å². The molecule has 0 aromatic heterocycles. The van der Waals surface area contributed by atoms with E-state index >= 15 is 0 Å². The van der Waals surface area contributed by atoms with Gasteiger partial charge in [-0.05, 0) is 18.4 Å². The number of nitro benzene ring substituents is 2. The number of nitrogens with zero attached hydrogens (tertiary/aromatic N) is 2. The predicted molar refractivity (Wildman–Crippen MR) is 99.1 cm³/mol. The second-order valence-corrected chi connectivity index (χ2v) is 6.62. The highest BCUT2D eigenvalue weighted by Gasteiger charge is 2.44. The molecule has 8 heteroatoms. The summed E-state index contributed by atoms with van der Waals surface area (Å²) in [6.07, 6.45) is 4.62. The average molecular weight is 367 g/mol. The van der Waals surface area contributed by atoms with E-state index in [-0.39, 0.29) is 29.3 Å². The maximum atomic E-state index is 11.6. The quantitative estimate of drug-likeness (QED) is 0.489. The predicted octanol–water partition coefficient (Wildman–Crippen LogP) is 4.34. The zero-order chi connectivity index (χ0) is 19.1. The van der Waals surface area contributed by atoms with Gasteiger partial charge < -0.3 is 10.1 Å². The molecule has 0 bridgehead atoms. The van der Waals surface area contributed by atoms with E-state index in [2.05, 4.69) is 5.32 Å². The monoisotopic (exact) mass is 367 g/mol. The van der Waals surface area contributed by atoms with Gasteiger partial charge in [-0.2, -0.15) is 0 Å². The smallest absolute Gasteiger partial charge is 0.275 e. The lowest BCUT2D eigenvalue weighted by molar-refractivity contribution is -0.386. The molecule has 0 amide bonds. The Morgan fingerprint density at radius 3 is 2.52 bits per heavy atom. The molecule has 1 heterocycles. The fourth-order valence-corrected chi connectivity index (χ4v) is 4.22. The van der Waals surface area contributed by atoms with Crippen molar-refractivity contribution in [1.29, 1.82) is 0 Å². The van der Waals surface area contributed by atoms with E-state index in [9.17, 15) is 20.2 Å². The van der Waals surface area contributed by atoms with Crippen molar-refractivity contribution in [3.63, 3.8) is 0 Å². The summed E-state index contributed by atoms with van der Waals surface area (Å²) < 4.78 is 5.41. The molecule has 2 aliphatic rings. The molecule has 1 aliphatic heterocycles. The molecule has 0 saturated heterocycles. The number of nitrogens with one attached hydrogen (secondary N) is 1. The Labute approximate surface area is 154 Å². The lowest BCUT2D eigenvalue weighted by Gasteiger charge is -2.37. The number of hydrogen-bond donors (Lipinski definition) is 1. The van der Waals surface area contributed by atoms with Crippen LogP contribution in [0.15, 0.2) is 48.6 Å². The number of rotatable bonds is 4. The molecule has 27 heavy (non-hydrogen) atoms. The van der Waals surface area contributed by atoms with Gasteiger partial charge in [-0.1, -0.05) is 30.4 Å². The highest BCUT2D eigenvalue weighted by atomic mass is 16.6. The SMILES string of the molecule is COc1ccc([N+](=O)[O-])c2c1N[C@H](c1ccccc1[N+](=O)[O-])[C@H]1CC=C[C@@H]21. The number of allylic oxidation sites excluding steroid dienone is 2. The first kappa shape index (κ1) is 17.0. The van der Waals surface area contributed by atoms with E-state index in [1.165, 1.54) is 19.2 Å². The molecule has 4 rings (SSSR count). The Balaban J connectivity index is 1.92. The highest BCUT2D eigenvalue weighted by molar-refractivity contribution is 5.74. The Bertz CT molecular complexity index is 972. The Morgan fingerprint density at radius 1 is 1.07 bits per heavy atom. The average Bonchev–Trinajstić information content (AvgIpc) is 3.16. The molecule has 0 radical (unpaired) electrons. The van der Waals surface area contributed by atoms with Gasteiger partial charge in [-0.25, -0.2) is 0 Å². The molecule has 3 atom stereocenters. The normalized spacial score (nSPS) is 22.5. The summed E-state index contributed by atoms with van der Waals surface area (Å²) in [6, 6.07) is 9.27. The van der Waals surface area contributed by atoms with Crippen LogP contribution in [0.1, 0.15) is 29.5 Å². The third-order valence-electron chi connectivity index (χ3n) is 5.34. The van der Waals surface area contributed by atoms with Gasteiger partial charge in [0, 0.05) is 18.1 Å². The van der Waals surface area contributed by atoms with E-state index in [4.69, 9.17) is 4.74 Å². The first-order chi connectivity index (χ1) is 13.0. The molecule has 1 aliphatic carbocycles. The first-order valence-corrected chi connectivity index (χ1v) is 8.54. The third kappa shape index (κ3) is 2.61. The Hall–Kier alpha value is -3.42. The molecule has 138 valence electrons. The standard InChI is InChI=1S/C19H17N3O5/c1-27-16-10-9-15(22(25)26)17-11-6-4-7-12(11)18(20-19(16)17)13-5-2-3-8-14(13)21(23)24/h2-6,8-12,18,20H,7H2,1H3/t11-,12+,18+/m1/s1. The number of anilines is 1. The zero-order valence-corrected chi connectivity index (χ0v) is 14.5. The van der Waals surface area contributed by atoms with Crippen molar-refractivity contribution in [1.82, 2.24) is 0 Å². The summed E-state index contributed by atoms with van der Waals surface area (Å²) in [4.78, 5) is 22.3. The summed E-state index contributed by atoms with van der Waals surface area (Å²) in [6.45, 7) is 0. The summed E-state index contributed by atoms with van der Waals surface area (Å²) in [7, 11) is 1.50. The maximum absolute atomic E-state index is 11.6. The van der Waals surface area contributed by atoms with Crippen molar-refractivity contribution < 1.29 is 14.6 Å². The van der Waals surface area contributed by atoms with Crippen LogP contribution in [0.5, 0.6) is 5.75 Å². The number of para-hydroxylation sites is 1. The summed E-state index contributed by atoms with van der Waals surface area (Å²) >= 11 is 0. The summed E-state index contributed by atoms with van der Waals surface area (Å²) in [5, 5.41) is 26.4. The first-order valence-electron chi connectivity index (χ1n) is 8.54. The van der Waals surface area contributed by atoms with Crippen LogP contribution < -0.4 is 10.1 Å². The second-order valence-electron chi connectivity index (χ2n) is 6.62. The van der Waals surface area contributed by atoms with Crippen LogP contribution in [0.4, 0.5) is 17.1 Å². The minimum absolute atomic E-state index is 0.0286. The van der Waals surface area contributed by atoms with Crippen molar-refractivity contribution in [2.75, 3.05) is 12.4 Å². The molecular weight excluding hydrogens is 350 g/mol. The molecule has 2 aromatic rings. The summed E-state index contributed by atoms with van der Waals surface area (Å²) in [5.74, 6) is 0.226. The van der Waals surface area contributed by atoms with Gasteiger partial charge in [0.1, 0.15) is 5.75 Å². The molecule has 0 fully saturated rings. The van der Waals surface area contributed by atoms with Gasteiger partial charge in [0.25, 0.3) is 11.4 Å². The van der Waals surface area contributed by atoms with Crippen molar-refractivity contribution in [3.05, 3.63) is 79.9 Å². The van der Waals surface area contributed by atoms with E-state index in [0.29, 0.717) is 29.0 Å². The van der Waals surface area contributed by atoms with Gasteiger partial charge in [-0.15, -0.1) is 0 Å². The lowest BCUT2D eigenvalue weighted by Crippen LogP contribution is -2.30. The Morgan fingerprint density at radius 2 is 1.81 bits per heavy atom. The molecule has 1 N–H and O–H groups in total. The number of fused-ring (bicyclic) bond motifs is 3. The maximum Gasteiger partial charge on any atom is 0.275 e. The number of benzene rings is 2. The van der Waals surface area contributed by atoms with Crippen LogP contribution in [0, 0.1) is 26.1 Å². The van der Waals surface area contributed by atoms with Crippen molar-refractivity contribution >= 4 is 17.1 Å². The van der Waals surface area contributed by atoms with Crippen LogP contribution in [0.2, 0.25) is 0 Å². The minimum atomic E-state index is -0.394. The van der Waals surface area contributed by atoms with Crippen LogP contribution in [0.3, 0.4) is 0 Å². The molecule has 0 unspecified atom stereocenters. The molecule has 8 nitrogen and oxygen atoms in total. The lowest BCUT2D eigenvalue weighted by atomic mass is 9.76. The molecule has 2 aromatic carbocycles. The van der Waals surface area contributed by atoms with Gasteiger partial charge in [-0.3, -0.25) is 20.2 Å².